The summed E-state index contributed by atoms with van der Waals surface area (Å²) in [4.78, 5) is 0. The third-order valence-corrected chi connectivity index (χ3v) is 1.77. The Morgan fingerprint density at radius 2 is 2.20 bits per heavy atom. The van der Waals surface area contributed by atoms with Crippen molar-refractivity contribution in [3.8, 4) is 0 Å². The molecular formula is C8H16O2. The van der Waals surface area contributed by atoms with Gasteiger partial charge in [0.05, 0.1) is 12.2 Å². The van der Waals surface area contributed by atoms with Crippen LogP contribution in [0.5, 0.6) is 0 Å². The van der Waals surface area contributed by atoms with Crippen LogP contribution in [-0.2, 0) is 0 Å². The maximum atomic E-state index is 9.46. The van der Waals surface area contributed by atoms with E-state index in [0.29, 0.717) is 12.8 Å². The highest BCUT2D eigenvalue weighted by Crippen LogP contribution is 2.15. The highest BCUT2D eigenvalue weighted by Gasteiger charge is 2.21. The molecule has 2 heteroatoms. The molecule has 0 fully saturated rings. The molecule has 0 aromatic carbocycles. The van der Waals surface area contributed by atoms with Gasteiger partial charge in [-0.15, -0.1) is 6.58 Å². The summed E-state index contributed by atoms with van der Waals surface area (Å²) in [6.45, 7) is 5.24. The first kappa shape index (κ1) is 9.66. The minimum Gasteiger partial charge on any atom is -0.393 e. The lowest BCUT2D eigenvalue weighted by Gasteiger charge is -2.22. The zero-order chi connectivity index (χ0) is 8.04. The van der Waals surface area contributed by atoms with E-state index in [1.54, 1.807) is 6.08 Å². The number of hydrogen-bond donors (Lipinski definition) is 2. The van der Waals surface area contributed by atoms with Gasteiger partial charge < -0.3 is 10.2 Å². The van der Waals surface area contributed by atoms with Crippen LogP contribution in [0.2, 0.25) is 0 Å². The highest BCUT2D eigenvalue weighted by atomic mass is 16.3. The monoisotopic (exact) mass is 144 g/mol. The Morgan fingerprint density at radius 1 is 1.60 bits per heavy atom. The van der Waals surface area contributed by atoms with E-state index in [9.17, 15) is 5.11 Å². The lowest BCUT2D eigenvalue weighted by molar-refractivity contribution is -0.0233. The van der Waals surface area contributed by atoms with Crippen molar-refractivity contribution in [2.24, 2.45) is 0 Å². The summed E-state index contributed by atoms with van der Waals surface area (Å²) in [5, 5.41) is 18.2. The Hall–Kier alpha value is -0.340. The molecule has 2 N–H and O–H groups in total. The van der Waals surface area contributed by atoms with Crippen molar-refractivity contribution in [2.45, 2.75) is 31.8 Å². The summed E-state index contributed by atoms with van der Waals surface area (Å²) in [6.07, 6.45) is 3.70. The molecule has 0 aliphatic rings. The number of aliphatic hydroxyl groups excluding tert-OH is 1. The van der Waals surface area contributed by atoms with Crippen LogP contribution in [0.15, 0.2) is 12.7 Å². The molecule has 0 aliphatic carbocycles. The van der Waals surface area contributed by atoms with Gasteiger partial charge >= 0.3 is 0 Å². The lowest BCUT2D eigenvalue weighted by atomic mass is 9.96. The van der Waals surface area contributed by atoms with E-state index in [0.717, 1.165) is 6.42 Å². The smallest absolute Gasteiger partial charge is 0.0877 e. The van der Waals surface area contributed by atoms with Crippen molar-refractivity contribution in [1.82, 2.24) is 0 Å². The van der Waals surface area contributed by atoms with Crippen LogP contribution in [0.3, 0.4) is 0 Å². The van der Waals surface area contributed by atoms with Crippen LogP contribution < -0.4 is 0 Å². The molecule has 1 unspecified atom stereocenters. The standard InChI is InChI=1S/C8H16O2/c1-3-5-6-8(10,4-2)7-9/h3,9-10H,1,4-7H2,2H3. The van der Waals surface area contributed by atoms with Gasteiger partial charge in [0.2, 0.25) is 0 Å². The average Bonchev–Trinajstić information content (AvgIpc) is 2.00. The number of allylic oxidation sites excluding steroid dienone is 1. The quantitative estimate of drug-likeness (QED) is 0.567. The Bertz CT molecular complexity index is 95.4. The third-order valence-electron chi connectivity index (χ3n) is 1.77. The maximum Gasteiger partial charge on any atom is 0.0877 e. The molecule has 0 bridgehead atoms. The van der Waals surface area contributed by atoms with Crippen LogP contribution in [0.25, 0.3) is 0 Å². The fourth-order valence-corrected chi connectivity index (χ4v) is 0.738. The van der Waals surface area contributed by atoms with Crippen LogP contribution in [-0.4, -0.2) is 22.4 Å². The molecule has 0 amide bonds. The van der Waals surface area contributed by atoms with Crippen molar-refractivity contribution in [3.05, 3.63) is 12.7 Å². The molecule has 0 saturated carbocycles. The maximum absolute atomic E-state index is 9.46. The van der Waals surface area contributed by atoms with Gasteiger partial charge in [-0.3, -0.25) is 0 Å². The predicted molar refractivity (Wildman–Crippen MR) is 41.8 cm³/mol. The van der Waals surface area contributed by atoms with Gasteiger partial charge in [-0.25, -0.2) is 0 Å². The van der Waals surface area contributed by atoms with E-state index in [-0.39, 0.29) is 6.61 Å². The van der Waals surface area contributed by atoms with Crippen molar-refractivity contribution >= 4 is 0 Å². The second-order valence-corrected chi connectivity index (χ2v) is 2.56. The Kier molecular flexibility index (Phi) is 4.32. The van der Waals surface area contributed by atoms with Crippen LogP contribution in [0.1, 0.15) is 26.2 Å². The van der Waals surface area contributed by atoms with Crippen molar-refractivity contribution in [2.75, 3.05) is 6.61 Å². The molecule has 1 atom stereocenters. The molecule has 0 radical (unpaired) electrons. The van der Waals surface area contributed by atoms with Crippen molar-refractivity contribution < 1.29 is 10.2 Å². The number of hydrogen-bond acceptors (Lipinski definition) is 2. The first-order chi connectivity index (χ1) is 4.68. The van der Waals surface area contributed by atoms with E-state index in [1.807, 2.05) is 6.92 Å². The van der Waals surface area contributed by atoms with E-state index >= 15 is 0 Å². The second-order valence-electron chi connectivity index (χ2n) is 2.56. The first-order valence-corrected chi connectivity index (χ1v) is 3.62. The minimum absolute atomic E-state index is 0.155. The van der Waals surface area contributed by atoms with Crippen LogP contribution >= 0.6 is 0 Å². The largest absolute Gasteiger partial charge is 0.393 e. The van der Waals surface area contributed by atoms with Crippen molar-refractivity contribution in [3.63, 3.8) is 0 Å². The fraction of sp³-hybridized carbons (Fsp3) is 0.750. The number of aliphatic hydroxyl groups is 2. The molecule has 2 nitrogen and oxygen atoms in total. The second kappa shape index (κ2) is 4.47. The zero-order valence-corrected chi connectivity index (χ0v) is 6.51. The Labute approximate surface area is 62.2 Å². The topological polar surface area (TPSA) is 40.5 Å². The summed E-state index contributed by atoms with van der Waals surface area (Å²) in [7, 11) is 0. The fourth-order valence-electron chi connectivity index (χ4n) is 0.738. The van der Waals surface area contributed by atoms with Crippen LogP contribution in [0, 0.1) is 0 Å². The molecule has 0 aromatic rings. The molecule has 0 rings (SSSR count). The average molecular weight is 144 g/mol. The van der Waals surface area contributed by atoms with E-state index < -0.39 is 5.60 Å². The van der Waals surface area contributed by atoms with Gasteiger partial charge in [0.15, 0.2) is 0 Å². The van der Waals surface area contributed by atoms with Gasteiger partial charge in [0.1, 0.15) is 0 Å². The van der Waals surface area contributed by atoms with E-state index in [1.165, 1.54) is 0 Å². The van der Waals surface area contributed by atoms with Crippen LogP contribution in [0.4, 0.5) is 0 Å². The SMILES string of the molecule is C=CCCC(O)(CC)CO. The Morgan fingerprint density at radius 3 is 2.50 bits per heavy atom. The van der Waals surface area contributed by atoms with Gasteiger partial charge in [-0.2, -0.15) is 0 Å². The third kappa shape index (κ3) is 2.99. The van der Waals surface area contributed by atoms with Gasteiger partial charge in [0, 0.05) is 0 Å². The van der Waals surface area contributed by atoms with Gasteiger partial charge in [-0.05, 0) is 19.3 Å². The summed E-state index contributed by atoms with van der Waals surface area (Å²) < 4.78 is 0. The zero-order valence-electron chi connectivity index (χ0n) is 6.51. The number of rotatable bonds is 5. The minimum atomic E-state index is -0.881. The van der Waals surface area contributed by atoms with E-state index in [4.69, 9.17) is 5.11 Å². The normalized spacial score (nSPS) is 16.3. The molecule has 0 saturated heterocycles. The van der Waals surface area contributed by atoms with Crippen molar-refractivity contribution in [1.29, 1.82) is 0 Å². The molecular weight excluding hydrogens is 128 g/mol. The molecule has 0 spiro atoms. The van der Waals surface area contributed by atoms with Gasteiger partial charge in [0.25, 0.3) is 0 Å². The van der Waals surface area contributed by atoms with Gasteiger partial charge in [-0.1, -0.05) is 13.0 Å². The summed E-state index contributed by atoms with van der Waals surface area (Å²) in [6, 6.07) is 0. The molecule has 60 valence electrons. The summed E-state index contributed by atoms with van der Waals surface area (Å²) >= 11 is 0. The highest BCUT2D eigenvalue weighted by molar-refractivity contribution is 4.79. The molecule has 10 heavy (non-hydrogen) atoms. The van der Waals surface area contributed by atoms with E-state index in [2.05, 4.69) is 6.58 Å². The lowest BCUT2D eigenvalue weighted by Crippen LogP contribution is -2.31. The molecule has 0 aliphatic heterocycles. The summed E-state index contributed by atoms with van der Waals surface area (Å²) in [5.41, 5.74) is -0.881. The molecule has 0 aromatic heterocycles. The Balaban J connectivity index is 3.68. The molecule has 0 heterocycles. The predicted octanol–water partition coefficient (Wildman–Crippen LogP) is 1.09. The first-order valence-electron chi connectivity index (χ1n) is 3.62. The summed E-state index contributed by atoms with van der Waals surface area (Å²) in [5.74, 6) is 0.